The van der Waals surface area contributed by atoms with Crippen molar-refractivity contribution in [2.45, 2.75) is 71.8 Å². The number of nitrogens with one attached hydrogen (secondary N) is 1. The topological polar surface area (TPSA) is 109 Å². The molecule has 34 heavy (non-hydrogen) atoms. The first kappa shape index (κ1) is 24.8. The van der Waals surface area contributed by atoms with Gasteiger partial charge in [0, 0.05) is 41.7 Å². The predicted octanol–water partition coefficient (Wildman–Crippen LogP) is 4.15. The van der Waals surface area contributed by atoms with E-state index in [1.165, 1.54) is 18.2 Å². The van der Waals surface area contributed by atoms with E-state index in [4.69, 9.17) is 32.0 Å². The molecule has 4 heterocycles. The molecule has 0 amide bonds. The number of rotatable bonds is 6. The fourth-order valence-corrected chi connectivity index (χ4v) is 6.90. The molecule has 184 valence electrons. The van der Waals surface area contributed by atoms with Gasteiger partial charge in [-0.15, -0.1) is 0 Å². The highest BCUT2D eigenvalue weighted by atomic mass is 127. The molecule has 0 aromatic carbocycles. The average molecular weight is 617 g/mol. The molecule has 2 aromatic heterocycles. The van der Waals surface area contributed by atoms with Crippen molar-refractivity contribution in [3.8, 4) is 0 Å². The number of ether oxygens (including phenoxy) is 1. The summed E-state index contributed by atoms with van der Waals surface area (Å²) in [6.07, 6.45) is 7.19. The van der Waals surface area contributed by atoms with Gasteiger partial charge in [0.05, 0.1) is 23.9 Å². The van der Waals surface area contributed by atoms with E-state index in [9.17, 15) is 5.11 Å². The molecule has 1 spiro atoms. The lowest BCUT2D eigenvalue weighted by molar-refractivity contribution is 0.127. The van der Waals surface area contributed by atoms with Gasteiger partial charge in [0.1, 0.15) is 20.6 Å². The molecule has 0 bridgehead atoms. The van der Waals surface area contributed by atoms with E-state index in [1.807, 2.05) is 13.0 Å². The molecule has 11 heteroatoms. The number of aliphatic hydroxyl groups excluding tert-OH is 1. The molecule has 2 saturated heterocycles. The van der Waals surface area contributed by atoms with Crippen molar-refractivity contribution in [2.24, 2.45) is 11.1 Å². The first-order valence-corrected chi connectivity index (χ1v) is 14.2. The van der Waals surface area contributed by atoms with Crippen molar-refractivity contribution in [2.75, 3.05) is 29.9 Å². The maximum atomic E-state index is 10.1. The van der Waals surface area contributed by atoms with Crippen LogP contribution in [-0.4, -0.2) is 55.9 Å². The smallest absolute Gasteiger partial charge is 0.153 e. The third-order valence-electron chi connectivity index (χ3n) is 7.31. The van der Waals surface area contributed by atoms with Crippen molar-refractivity contribution >= 4 is 57.6 Å². The van der Waals surface area contributed by atoms with Crippen LogP contribution in [0.2, 0.25) is 5.02 Å². The average Bonchev–Trinajstić information content (AvgIpc) is 3.08. The molecule has 2 atom stereocenters. The SMILES string of the molecule is Cc1nc(N2CCC3(CC2)CO[C@@H](I)[C@H]3N)c(CO)nc1Sc1ccnc(NC2CCC2)c1Cl. The van der Waals surface area contributed by atoms with Gasteiger partial charge < -0.3 is 25.8 Å². The molecule has 0 radical (unpaired) electrons. The van der Waals surface area contributed by atoms with Gasteiger partial charge in [-0.05, 0) is 67.7 Å². The van der Waals surface area contributed by atoms with E-state index >= 15 is 0 Å². The second-order valence-electron chi connectivity index (χ2n) is 9.43. The number of halogens is 2. The molecule has 0 unspecified atom stereocenters. The first-order valence-electron chi connectivity index (χ1n) is 11.7. The van der Waals surface area contributed by atoms with Gasteiger partial charge in [0.2, 0.25) is 0 Å². The number of aliphatic hydroxyl groups is 1. The number of nitrogens with two attached hydrogens (primary N) is 1. The highest BCUT2D eigenvalue weighted by molar-refractivity contribution is 14.1. The summed E-state index contributed by atoms with van der Waals surface area (Å²) in [6.45, 7) is 4.14. The molecule has 5 rings (SSSR count). The van der Waals surface area contributed by atoms with Crippen LogP contribution in [0.5, 0.6) is 0 Å². The minimum absolute atomic E-state index is 0.0311. The normalized spacial score (nSPS) is 24.4. The number of anilines is 2. The molecule has 2 aromatic rings. The third kappa shape index (κ3) is 4.73. The van der Waals surface area contributed by atoms with Crippen LogP contribution in [0.25, 0.3) is 0 Å². The maximum absolute atomic E-state index is 10.1. The van der Waals surface area contributed by atoms with E-state index in [0.717, 1.165) is 60.2 Å². The molecule has 1 aliphatic carbocycles. The van der Waals surface area contributed by atoms with Crippen LogP contribution < -0.4 is 16.0 Å². The number of pyridine rings is 1. The Morgan fingerprint density at radius 2 is 2.12 bits per heavy atom. The van der Waals surface area contributed by atoms with E-state index in [0.29, 0.717) is 29.2 Å². The van der Waals surface area contributed by atoms with E-state index < -0.39 is 0 Å². The monoisotopic (exact) mass is 616 g/mol. The molecule has 2 aliphatic heterocycles. The summed E-state index contributed by atoms with van der Waals surface area (Å²) in [7, 11) is 0. The summed E-state index contributed by atoms with van der Waals surface area (Å²) >= 11 is 10.4. The number of alkyl halides is 1. The van der Waals surface area contributed by atoms with Gasteiger partial charge in [-0.1, -0.05) is 23.4 Å². The summed E-state index contributed by atoms with van der Waals surface area (Å²) in [6, 6.07) is 2.39. The molecule has 8 nitrogen and oxygen atoms in total. The number of aryl methyl sites for hydroxylation is 1. The quantitative estimate of drug-likeness (QED) is 0.326. The zero-order valence-electron chi connectivity index (χ0n) is 19.1. The highest BCUT2D eigenvalue weighted by Gasteiger charge is 2.48. The van der Waals surface area contributed by atoms with Crippen LogP contribution >= 0.6 is 46.0 Å². The van der Waals surface area contributed by atoms with E-state index in [2.05, 4.69) is 37.8 Å². The molecular weight excluding hydrogens is 587 g/mol. The van der Waals surface area contributed by atoms with Gasteiger partial charge >= 0.3 is 0 Å². The van der Waals surface area contributed by atoms with Crippen molar-refractivity contribution in [3.05, 3.63) is 28.7 Å². The standard InChI is InChI=1S/C23H30ClIN6O2S/c1-13-22(34-16-5-8-27-20(17(16)24)29-14-3-2-4-14)30-15(11-32)21(28-13)31-9-6-23(7-10-31)12-33-19(25)18(23)26/h5,8,14,18-19,32H,2-4,6-7,9-12,26H2,1H3,(H,27,29)/t18-,19-/m1/s1. The van der Waals surface area contributed by atoms with E-state index in [-0.39, 0.29) is 22.2 Å². The zero-order chi connectivity index (χ0) is 23.9. The van der Waals surface area contributed by atoms with Gasteiger partial charge in [-0.3, -0.25) is 0 Å². The van der Waals surface area contributed by atoms with Gasteiger partial charge in [-0.25, -0.2) is 15.0 Å². The Labute approximate surface area is 222 Å². The van der Waals surface area contributed by atoms with Crippen molar-refractivity contribution in [3.63, 3.8) is 0 Å². The lowest BCUT2D eigenvalue weighted by Crippen LogP contribution is -2.50. The predicted molar refractivity (Wildman–Crippen MR) is 143 cm³/mol. The largest absolute Gasteiger partial charge is 0.390 e. The van der Waals surface area contributed by atoms with E-state index in [1.54, 1.807) is 6.20 Å². The van der Waals surface area contributed by atoms with Crippen LogP contribution in [0.3, 0.4) is 0 Å². The Morgan fingerprint density at radius 3 is 2.74 bits per heavy atom. The second kappa shape index (κ2) is 10.2. The number of piperidine rings is 1. The van der Waals surface area contributed by atoms with Gasteiger partial charge in [-0.2, -0.15) is 0 Å². The lowest BCUT2D eigenvalue weighted by Gasteiger charge is -2.41. The summed E-state index contributed by atoms with van der Waals surface area (Å²) < 4.78 is 5.91. The minimum atomic E-state index is -0.172. The van der Waals surface area contributed by atoms with Crippen LogP contribution in [0.15, 0.2) is 22.2 Å². The van der Waals surface area contributed by atoms with Gasteiger partial charge in [0.25, 0.3) is 0 Å². The lowest BCUT2D eigenvalue weighted by atomic mass is 9.75. The van der Waals surface area contributed by atoms with Crippen LogP contribution in [0.1, 0.15) is 43.5 Å². The van der Waals surface area contributed by atoms with Crippen LogP contribution in [0, 0.1) is 12.3 Å². The summed E-state index contributed by atoms with van der Waals surface area (Å²) in [5.74, 6) is 1.47. The van der Waals surface area contributed by atoms with Crippen molar-refractivity contribution < 1.29 is 9.84 Å². The zero-order valence-corrected chi connectivity index (χ0v) is 22.9. The molecule has 1 saturated carbocycles. The Bertz CT molecular complexity index is 1050. The number of hydrogen-bond donors (Lipinski definition) is 3. The Kier molecular flexibility index (Phi) is 7.44. The Morgan fingerprint density at radius 1 is 1.35 bits per heavy atom. The molecule has 4 N–H and O–H groups in total. The molecular formula is C23H30ClIN6O2S. The van der Waals surface area contributed by atoms with Crippen molar-refractivity contribution in [1.29, 1.82) is 0 Å². The Hall–Kier alpha value is -0.920. The third-order valence-corrected chi connectivity index (χ3v) is 10.1. The van der Waals surface area contributed by atoms with Crippen LogP contribution in [-0.2, 0) is 11.3 Å². The number of hydrogen-bond acceptors (Lipinski definition) is 9. The molecule has 3 aliphatic rings. The molecule has 3 fully saturated rings. The first-order chi connectivity index (χ1) is 16.4. The summed E-state index contributed by atoms with van der Waals surface area (Å²) in [5.41, 5.74) is 7.89. The number of nitrogens with zero attached hydrogens (tertiary/aromatic N) is 4. The Balaban J connectivity index is 1.33. The summed E-state index contributed by atoms with van der Waals surface area (Å²) in [5, 5.41) is 14.9. The fourth-order valence-electron chi connectivity index (χ4n) is 4.80. The number of aromatic nitrogens is 3. The minimum Gasteiger partial charge on any atom is -0.390 e. The van der Waals surface area contributed by atoms with Gasteiger partial charge in [0.15, 0.2) is 5.82 Å². The second-order valence-corrected chi connectivity index (χ2v) is 12.1. The fraction of sp³-hybridized carbons (Fsp3) is 0.609. The summed E-state index contributed by atoms with van der Waals surface area (Å²) in [4.78, 5) is 17.2. The van der Waals surface area contributed by atoms with Crippen molar-refractivity contribution in [1.82, 2.24) is 15.0 Å². The maximum Gasteiger partial charge on any atom is 0.153 e. The highest BCUT2D eigenvalue weighted by Crippen LogP contribution is 2.44. The van der Waals surface area contributed by atoms with Crippen LogP contribution in [0.4, 0.5) is 11.6 Å².